The molecule has 30 heavy (non-hydrogen) atoms. The summed E-state index contributed by atoms with van der Waals surface area (Å²) < 4.78 is 6.12. The van der Waals surface area contributed by atoms with Crippen LogP contribution in [0.25, 0.3) is 6.08 Å². The van der Waals surface area contributed by atoms with E-state index >= 15 is 0 Å². The van der Waals surface area contributed by atoms with Gasteiger partial charge in [-0.15, -0.1) is 0 Å². The second kappa shape index (κ2) is 9.88. The Morgan fingerprint density at radius 1 is 1.30 bits per heavy atom. The van der Waals surface area contributed by atoms with Crippen molar-refractivity contribution in [2.75, 3.05) is 13.1 Å². The molecule has 3 amide bonds. The Bertz CT molecular complexity index is 903. The number of carbonyl (C=O) groups excluding carboxylic acids is 3. The fourth-order valence-electron chi connectivity index (χ4n) is 2.88. The SMILES string of the molecule is CCCN(CC(N)=O)C(=O)C1=Cc2ccc(Br)cc2N=C(NC(=O)OC(C)(C)C)C1. The molecule has 1 aliphatic rings. The normalized spacial score (nSPS) is 13.4. The lowest BCUT2D eigenvalue weighted by Crippen LogP contribution is -2.41. The van der Waals surface area contributed by atoms with Crippen molar-refractivity contribution in [2.45, 2.75) is 46.1 Å². The van der Waals surface area contributed by atoms with Gasteiger partial charge in [-0.05, 0) is 45.4 Å². The van der Waals surface area contributed by atoms with Crippen molar-refractivity contribution in [2.24, 2.45) is 10.7 Å². The number of halogens is 1. The van der Waals surface area contributed by atoms with Crippen LogP contribution in [0.15, 0.2) is 33.2 Å². The van der Waals surface area contributed by atoms with Gasteiger partial charge in [0.05, 0.1) is 12.2 Å². The molecule has 1 aliphatic heterocycles. The van der Waals surface area contributed by atoms with E-state index in [1.807, 2.05) is 19.1 Å². The van der Waals surface area contributed by atoms with Gasteiger partial charge in [-0.2, -0.15) is 0 Å². The molecule has 3 N–H and O–H groups in total. The second-order valence-corrected chi connectivity index (χ2v) is 8.84. The lowest BCUT2D eigenvalue weighted by Gasteiger charge is -2.23. The predicted molar refractivity (Wildman–Crippen MR) is 119 cm³/mol. The lowest BCUT2D eigenvalue weighted by molar-refractivity contribution is -0.132. The summed E-state index contributed by atoms with van der Waals surface area (Å²) in [5.41, 5.74) is 6.34. The van der Waals surface area contributed by atoms with E-state index in [4.69, 9.17) is 10.5 Å². The highest BCUT2D eigenvalue weighted by molar-refractivity contribution is 9.10. The summed E-state index contributed by atoms with van der Waals surface area (Å²) in [6.07, 6.45) is 1.81. The molecule has 0 unspecified atom stereocenters. The number of benzene rings is 1. The molecule has 1 aromatic rings. The van der Waals surface area contributed by atoms with E-state index in [9.17, 15) is 14.4 Å². The van der Waals surface area contributed by atoms with Crippen LogP contribution in [0, 0.1) is 0 Å². The number of ether oxygens (including phenoxy) is 1. The Kier molecular flexibility index (Phi) is 7.77. The van der Waals surface area contributed by atoms with Crippen LogP contribution >= 0.6 is 15.9 Å². The number of rotatable bonds is 5. The summed E-state index contributed by atoms with van der Waals surface area (Å²) in [7, 11) is 0. The van der Waals surface area contributed by atoms with Crippen LogP contribution in [0.5, 0.6) is 0 Å². The fourth-order valence-corrected chi connectivity index (χ4v) is 3.23. The maximum Gasteiger partial charge on any atom is 0.413 e. The van der Waals surface area contributed by atoms with E-state index < -0.39 is 17.6 Å². The molecule has 0 fully saturated rings. The van der Waals surface area contributed by atoms with Crippen molar-refractivity contribution in [1.29, 1.82) is 0 Å². The number of primary amides is 1. The Morgan fingerprint density at radius 3 is 2.60 bits per heavy atom. The highest BCUT2D eigenvalue weighted by Gasteiger charge is 2.25. The summed E-state index contributed by atoms with van der Waals surface area (Å²) in [5, 5.41) is 2.64. The number of aliphatic imine (C=N–C) groups is 1. The number of hydrogen-bond acceptors (Lipinski definition) is 5. The van der Waals surface area contributed by atoms with Crippen LogP contribution in [0.3, 0.4) is 0 Å². The Balaban J connectivity index is 2.40. The number of amidine groups is 1. The first-order chi connectivity index (χ1) is 14.0. The van der Waals surface area contributed by atoms with E-state index in [1.54, 1.807) is 32.9 Å². The third kappa shape index (κ3) is 6.98. The number of hydrogen-bond donors (Lipinski definition) is 2. The maximum atomic E-state index is 13.2. The quantitative estimate of drug-likeness (QED) is 0.673. The number of carbonyl (C=O) groups is 3. The van der Waals surface area contributed by atoms with Crippen molar-refractivity contribution < 1.29 is 19.1 Å². The van der Waals surface area contributed by atoms with Crippen molar-refractivity contribution in [3.63, 3.8) is 0 Å². The third-order valence-corrected chi connectivity index (χ3v) is 4.48. The van der Waals surface area contributed by atoms with Gasteiger partial charge in [-0.3, -0.25) is 14.9 Å². The number of nitrogens with two attached hydrogens (primary N) is 1. The monoisotopic (exact) mass is 478 g/mol. The molecule has 1 aromatic carbocycles. The lowest BCUT2D eigenvalue weighted by atomic mass is 10.1. The van der Waals surface area contributed by atoms with E-state index in [-0.39, 0.29) is 24.7 Å². The molecule has 9 heteroatoms. The maximum absolute atomic E-state index is 13.2. The third-order valence-electron chi connectivity index (χ3n) is 3.98. The molecule has 0 aliphatic carbocycles. The summed E-state index contributed by atoms with van der Waals surface area (Å²) in [6, 6.07) is 5.46. The number of nitrogens with one attached hydrogen (secondary N) is 1. The highest BCUT2D eigenvalue weighted by atomic mass is 79.9. The summed E-state index contributed by atoms with van der Waals surface area (Å²) in [5.74, 6) is -0.641. The first kappa shape index (κ1) is 23.6. The van der Waals surface area contributed by atoms with Gasteiger partial charge in [0.2, 0.25) is 5.91 Å². The van der Waals surface area contributed by atoms with E-state index in [0.29, 0.717) is 24.2 Å². The first-order valence-electron chi connectivity index (χ1n) is 9.63. The largest absolute Gasteiger partial charge is 0.444 e. The van der Waals surface area contributed by atoms with Gasteiger partial charge in [0.1, 0.15) is 11.4 Å². The van der Waals surface area contributed by atoms with E-state index in [2.05, 4.69) is 26.2 Å². The van der Waals surface area contributed by atoms with Crippen LogP contribution in [0.2, 0.25) is 0 Å². The number of nitrogens with zero attached hydrogens (tertiary/aromatic N) is 2. The molecule has 0 bridgehead atoms. The van der Waals surface area contributed by atoms with Crippen LogP contribution in [0.4, 0.5) is 10.5 Å². The first-order valence-corrected chi connectivity index (χ1v) is 10.4. The van der Waals surface area contributed by atoms with Crippen molar-refractivity contribution >= 4 is 51.4 Å². The zero-order chi connectivity index (χ0) is 22.5. The molecule has 0 saturated carbocycles. The van der Waals surface area contributed by atoms with Crippen molar-refractivity contribution in [1.82, 2.24) is 10.2 Å². The van der Waals surface area contributed by atoms with Gasteiger partial charge in [0, 0.05) is 28.6 Å². The van der Waals surface area contributed by atoms with Gasteiger partial charge in [-0.1, -0.05) is 28.9 Å². The molecule has 8 nitrogen and oxygen atoms in total. The minimum atomic E-state index is -0.676. The topological polar surface area (TPSA) is 114 Å². The standard InChI is InChI=1S/C21H27BrN4O4/c1-5-8-26(12-17(23)27)19(28)14-9-13-6-7-15(22)11-16(13)24-18(10-14)25-20(29)30-21(2,3)4/h6-7,9,11H,5,8,10,12H2,1-4H3,(H2,23,27)(H,24,25,29). The Labute approximate surface area is 184 Å². The predicted octanol–water partition coefficient (Wildman–Crippen LogP) is 3.51. The zero-order valence-electron chi connectivity index (χ0n) is 17.6. The second-order valence-electron chi connectivity index (χ2n) is 7.93. The van der Waals surface area contributed by atoms with Crippen LogP contribution in [-0.2, 0) is 14.3 Å². The van der Waals surface area contributed by atoms with E-state index in [0.717, 1.165) is 10.0 Å². The average molecular weight is 479 g/mol. The van der Waals surface area contributed by atoms with Gasteiger partial charge in [0.15, 0.2) is 0 Å². The molecular formula is C21H27BrN4O4. The molecule has 0 saturated heterocycles. The molecule has 0 radical (unpaired) electrons. The van der Waals surface area contributed by atoms with Crippen LogP contribution in [0.1, 0.15) is 46.1 Å². The van der Waals surface area contributed by atoms with Crippen molar-refractivity contribution in [3.8, 4) is 0 Å². The van der Waals surface area contributed by atoms with Crippen molar-refractivity contribution in [3.05, 3.63) is 33.8 Å². The Hall–Kier alpha value is -2.68. The van der Waals surface area contributed by atoms with Gasteiger partial charge in [0.25, 0.3) is 5.91 Å². The minimum absolute atomic E-state index is 0.0728. The molecule has 0 aromatic heterocycles. The number of amides is 3. The molecule has 0 spiro atoms. The highest BCUT2D eigenvalue weighted by Crippen LogP contribution is 2.30. The molecule has 0 atom stereocenters. The molecule has 1 heterocycles. The number of fused-ring (bicyclic) bond motifs is 1. The fraction of sp³-hybridized carbons (Fsp3) is 0.429. The number of alkyl carbamates (subject to hydrolysis) is 1. The molecule has 162 valence electrons. The summed E-state index contributed by atoms with van der Waals surface area (Å²) in [6.45, 7) is 7.40. The van der Waals surface area contributed by atoms with Crippen LogP contribution in [-0.4, -0.2) is 47.3 Å². The minimum Gasteiger partial charge on any atom is -0.444 e. The van der Waals surface area contributed by atoms with Gasteiger partial charge in [-0.25, -0.2) is 9.79 Å². The van der Waals surface area contributed by atoms with Gasteiger partial charge < -0.3 is 15.4 Å². The Morgan fingerprint density at radius 2 is 2.00 bits per heavy atom. The average Bonchev–Trinajstić information content (AvgIpc) is 2.77. The molecule has 2 rings (SSSR count). The van der Waals surface area contributed by atoms with Crippen LogP contribution < -0.4 is 11.1 Å². The summed E-state index contributed by atoms with van der Waals surface area (Å²) in [4.78, 5) is 42.8. The van der Waals surface area contributed by atoms with Gasteiger partial charge >= 0.3 is 6.09 Å². The smallest absolute Gasteiger partial charge is 0.413 e. The zero-order valence-corrected chi connectivity index (χ0v) is 19.2. The van der Waals surface area contributed by atoms with E-state index in [1.165, 1.54) is 4.90 Å². The molecular weight excluding hydrogens is 452 g/mol. The summed E-state index contributed by atoms with van der Waals surface area (Å²) >= 11 is 3.41.